The van der Waals surface area contributed by atoms with Gasteiger partial charge < -0.3 is 5.32 Å². The number of thioether (sulfide) groups is 1. The molecule has 0 aliphatic carbocycles. The second-order valence-corrected chi connectivity index (χ2v) is 9.47. The zero-order valence-corrected chi connectivity index (χ0v) is 20.1. The molecule has 1 aliphatic rings. The highest BCUT2D eigenvalue weighted by molar-refractivity contribution is 8.05. The SMILES string of the molecule is Cc1ccc(N2C(=O)C(Cc3ccccc3Cl)S/C2=C(/C#N)C(=O)NCc2ccccc2)cc1. The summed E-state index contributed by atoms with van der Waals surface area (Å²) >= 11 is 7.56. The average molecular weight is 488 g/mol. The number of hydrogen-bond acceptors (Lipinski definition) is 4. The third-order valence-corrected chi connectivity index (χ3v) is 7.09. The van der Waals surface area contributed by atoms with E-state index in [0.29, 0.717) is 22.2 Å². The summed E-state index contributed by atoms with van der Waals surface area (Å²) < 4.78 is 0. The fourth-order valence-electron chi connectivity index (χ4n) is 3.65. The van der Waals surface area contributed by atoms with Crippen molar-refractivity contribution in [3.05, 3.63) is 111 Å². The Kier molecular flexibility index (Phi) is 7.36. The van der Waals surface area contributed by atoms with Gasteiger partial charge in [0.05, 0.1) is 5.25 Å². The molecule has 4 rings (SSSR count). The molecular formula is C27H22ClN3O2S. The second-order valence-electron chi connectivity index (χ2n) is 7.87. The monoisotopic (exact) mass is 487 g/mol. The molecule has 3 aromatic rings. The minimum Gasteiger partial charge on any atom is -0.347 e. The van der Waals surface area contributed by atoms with Gasteiger partial charge in [-0.15, -0.1) is 0 Å². The molecule has 5 nitrogen and oxygen atoms in total. The molecule has 34 heavy (non-hydrogen) atoms. The van der Waals surface area contributed by atoms with Gasteiger partial charge in [0.25, 0.3) is 5.91 Å². The van der Waals surface area contributed by atoms with Gasteiger partial charge in [0, 0.05) is 17.3 Å². The Labute approximate surface area is 208 Å². The van der Waals surface area contributed by atoms with Gasteiger partial charge in [-0.1, -0.05) is 89.6 Å². The first-order chi connectivity index (χ1) is 16.5. The van der Waals surface area contributed by atoms with Gasteiger partial charge in [-0.3, -0.25) is 14.5 Å². The van der Waals surface area contributed by atoms with Crippen LogP contribution in [-0.2, 0) is 22.6 Å². The van der Waals surface area contributed by atoms with Crippen LogP contribution in [0.3, 0.4) is 0 Å². The number of benzene rings is 3. The minimum atomic E-state index is -0.517. The first kappa shape index (κ1) is 23.6. The van der Waals surface area contributed by atoms with Gasteiger partial charge >= 0.3 is 0 Å². The lowest BCUT2D eigenvalue weighted by Gasteiger charge is -2.19. The smallest absolute Gasteiger partial charge is 0.264 e. The molecule has 0 spiro atoms. The van der Waals surface area contributed by atoms with Crippen LogP contribution in [0, 0.1) is 18.3 Å². The fourth-order valence-corrected chi connectivity index (χ4v) is 5.15. The van der Waals surface area contributed by atoms with E-state index in [1.54, 1.807) is 6.07 Å². The molecule has 7 heteroatoms. The van der Waals surface area contributed by atoms with Crippen LogP contribution >= 0.6 is 23.4 Å². The molecule has 1 fully saturated rings. The van der Waals surface area contributed by atoms with Gasteiger partial charge in [0.1, 0.15) is 16.7 Å². The quantitative estimate of drug-likeness (QED) is 0.373. The number of nitrogens with zero attached hydrogens (tertiary/aromatic N) is 2. The molecule has 1 unspecified atom stereocenters. The number of halogens is 1. The van der Waals surface area contributed by atoms with E-state index in [1.165, 1.54) is 16.7 Å². The van der Waals surface area contributed by atoms with E-state index < -0.39 is 11.2 Å². The summed E-state index contributed by atoms with van der Waals surface area (Å²) in [7, 11) is 0. The van der Waals surface area contributed by atoms with Crippen LogP contribution in [0.25, 0.3) is 0 Å². The van der Waals surface area contributed by atoms with Gasteiger partial charge in [-0.2, -0.15) is 5.26 Å². The lowest BCUT2D eigenvalue weighted by atomic mass is 10.1. The molecule has 3 aromatic carbocycles. The molecule has 1 aliphatic heterocycles. The average Bonchev–Trinajstić information content (AvgIpc) is 3.16. The van der Waals surface area contributed by atoms with E-state index in [4.69, 9.17) is 11.6 Å². The number of rotatable bonds is 6. The van der Waals surface area contributed by atoms with Crippen LogP contribution < -0.4 is 10.2 Å². The number of anilines is 1. The Morgan fingerprint density at radius 3 is 2.41 bits per heavy atom. The first-order valence-corrected chi connectivity index (χ1v) is 12.0. The van der Waals surface area contributed by atoms with E-state index in [-0.39, 0.29) is 18.0 Å². The molecule has 1 atom stereocenters. The molecule has 2 amide bonds. The first-order valence-electron chi connectivity index (χ1n) is 10.7. The van der Waals surface area contributed by atoms with Crippen LogP contribution in [0.1, 0.15) is 16.7 Å². The van der Waals surface area contributed by atoms with Gasteiger partial charge in [-0.25, -0.2) is 0 Å². The summed E-state index contributed by atoms with van der Waals surface area (Å²) in [6.45, 7) is 2.24. The molecule has 1 heterocycles. The van der Waals surface area contributed by atoms with E-state index in [1.807, 2.05) is 85.8 Å². The summed E-state index contributed by atoms with van der Waals surface area (Å²) in [4.78, 5) is 28.0. The zero-order valence-electron chi connectivity index (χ0n) is 18.5. The molecule has 1 saturated heterocycles. The van der Waals surface area contributed by atoms with Crippen molar-refractivity contribution in [3.8, 4) is 6.07 Å². The Morgan fingerprint density at radius 1 is 1.06 bits per heavy atom. The second kappa shape index (κ2) is 10.6. The van der Waals surface area contributed by atoms with E-state index in [9.17, 15) is 14.9 Å². The van der Waals surface area contributed by atoms with Crippen molar-refractivity contribution in [2.45, 2.75) is 25.1 Å². The summed E-state index contributed by atoms with van der Waals surface area (Å²) in [5.41, 5.74) is 3.33. The van der Waals surface area contributed by atoms with Crippen molar-refractivity contribution >= 4 is 40.9 Å². The molecule has 1 N–H and O–H groups in total. The summed E-state index contributed by atoms with van der Waals surface area (Å²) in [5, 5.41) is 13.1. The molecule has 0 radical (unpaired) electrons. The van der Waals surface area contributed by atoms with E-state index in [0.717, 1.165) is 16.7 Å². The molecule has 0 bridgehead atoms. The maximum atomic E-state index is 13.5. The van der Waals surface area contributed by atoms with Crippen molar-refractivity contribution in [1.82, 2.24) is 5.32 Å². The van der Waals surface area contributed by atoms with Crippen LogP contribution in [0.15, 0.2) is 89.5 Å². The van der Waals surface area contributed by atoms with Crippen molar-refractivity contribution in [2.24, 2.45) is 0 Å². The Hall–Kier alpha value is -3.53. The van der Waals surface area contributed by atoms with Crippen LogP contribution in [0.2, 0.25) is 5.02 Å². The molecule has 0 aromatic heterocycles. The number of amides is 2. The number of aryl methyl sites for hydroxylation is 1. The van der Waals surface area contributed by atoms with Gasteiger partial charge in [0.2, 0.25) is 5.91 Å². The minimum absolute atomic E-state index is 0.0866. The largest absolute Gasteiger partial charge is 0.347 e. The predicted molar refractivity (Wildman–Crippen MR) is 136 cm³/mol. The molecular weight excluding hydrogens is 466 g/mol. The Balaban J connectivity index is 1.68. The standard InChI is InChI=1S/C27H22ClN3O2S/c1-18-11-13-21(14-12-18)31-26(33)24(15-20-9-5-6-10-23(20)28)34-27(31)22(16-29)25(32)30-17-19-7-3-2-4-8-19/h2-14,24H,15,17H2,1H3,(H,30,32)/b27-22-. The van der Waals surface area contributed by atoms with Gasteiger partial charge in [-0.05, 0) is 42.7 Å². The number of carbonyl (C=O) groups is 2. The maximum Gasteiger partial charge on any atom is 0.264 e. The maximum absolute atomic E-state index is 13.5. The molecule has 0 saturated carbocycles. The summed E-state index contributed by atoms with van der Waals surface area (Å²) in [5.74, 6) is -0.704. The fraction of sp³-hybridized carbons (Fsp3) is 0.148. The normalized spacial score (nSPS) is 16.8. The highest BCUT2D eigenvalue weighted by atomic mass is 35.5. The van der Waals surface area contributed by atoms with Crippen molar-refractivity contribution in [3.63, 3.8) is 0 Å². The lowest BCUT2D eigenvalue weighted by molar-refractivity contribution is -0.117. The van der Waals surface area contributed by atoms with Gasteiger partial charge in [0.15, 0.2) is 0 Å². The van der Waals surface area contributed by atoms with E-state index >= 15 is 0 Å². The lowest BCUT2D eigenvalue weighted by Crippen LogP contribution is -2.32. The predicted octanol–water partition coefficient (Wildman–Crippen LogP) is 5.39. The topological polar surface area (TPSA) is 73.2 Å². The summed E-state index contributed by atoms with van der Waals surface area (Å²) in [6.07, 6.45) is 0.388. The van der Waals surface area contributed by atoms with E-state index in [2.05, 4.69) is 5.32 Å². The third kappa shape index (κ3) is 5.17. The Morgan fingerprint density at radius 2 is 1.74 bits per heavy atom. The number of nitrogens with one attached hydrogen (secondary N) is 1. The molecule has 170 valence electrons. The number of carbonyl (C=O) groups excluding carboxylic acids is 2. The van der Waals surface area contributed by atoms with Crippen molar-refractivity contribution in [2.75, 3.05) is 4.90 Å². The highest BCUT2D eigenvalue weighted by Gasteiger charge is 2.41. The van der Waals surface area contributed by atoms with Crippen molar-refractivity contribution in [1.29, 1.82) is 5.26 Å². The number of hydrogen-bond donors (Lipinski definition) is 1. The van der Waals surface area contributed by atoms with Crippen LogP contribution in [0.4, 0.5) is 5.69 Å². The van der Waals surface area contributed by atoms with Crippen LogP contribution in [0.5, 0.6) is 0 Å². The zero-order chi connectivity index (χ0) is 24.1. The highest BCUT2D eigenvalue weighted by Crippen LogP contribution is 2.42. The summed E-state index contributed by atoms with van der Waals surface area (Å²) in [6, 6.07) is 26.3. The van der Waals surface area contributed by atoms with Crippen LogP contribution in [-0.4, -0.2) is 17.1 Å². The van der Waals surface area contributed by atoms with Crippen molar-refractivity contribution < 1.29 is 9.59 Å². The Bertz CT molecular complexity index is 1280. The number of nitriles is 1. The third-order valence-electron chi connectivity index (χ3n) is 5.46.